The fourth-order valence-corrected chi connectivity index (χ4v) is 3.17. The van der Waals surface area contributed by atoms with Gasteiger partial charge in [0.1, 0.15) is 5.78 Å². The summed E-state index contributed by atoms with van der Waals surface area (Å²) in [5.74, 6) is -0.621. The molecule has 1 rings (SSSR count). The van der Waals surface area contributed by atoms with E-state index in [0.717, 1.165) is 5.56 Å². The van der Waals surface area contributed by atoms with Gasteiger partial charge in [-0.15, -0.1) is 12.4 Å². The van der Waals surface area contributed by atoms with Gasteiger partial charge in [-0.05, 0) is 25.8 Å². The van der Waals surface area contributed by atoms with Crippen LogP contribution in [-0.2, 0) is 20.0 Å². The first kappa shape index (κ1) is 17.6. The Morgan fingerprint density at radius 2 is 1.67 bits per heavy atom. The molecule has 0 fully saturated rings. The topological polar surface area (TPSA) is 61.5 Å². The molecule has 1 aromatic carbocycles. The fourth-order valence-electron chi connectivity index (χ4n) is 1.56. The summed E-state index contributed by atoms with van der Waals surface area (Å²) in [5, 5.41) is 0. The summed E-state index contributed by atoms with van der Waals surface area (Å²) in [4.78, 5) is 0. The minimum atomic E-state index is -3.20. The van der Waals surface area contributed by atoms with Crippen LogP contribution in [0.2, 0.25) is 0 Å². The van der Waals surface area contributed by atoms with Gasteiger partial charge in [0.15, 0.2) is 0 Å². The number of hydrogen-bond donors (Lipinski definition) is 1. The van der Waals surface area contributed by atoms with Gasteiger partial charge in [-0.3, -0.25) is 4.57 Å². The van der Waals surface area contributed by atoms with Crippen LogP contribution in [0.4, 0.5) is 0 Å². The molecule has 0 aliphatic rings. The second kappa shape index (κ2) is 8.68. The zero-order chi connectivity index (χ0) is 12.7. The van der Waals surface area contributed by atoms with Gasteiger partial charge in [-0.2, -0.15) is 0 Å². The lowest BCUT2D eigenvalue weighted by molar-refractivity contribution is 0.212. The molecule has 1 unspecified atom stereocenters. The van der Waals surface area contributed by atoms with E-state index in [-0.39, 0.29) is 12.4 Å². The van der Waals surface area contributed by atoms with Crippen LogP contribution in [0.15, 0.2) is 30.3 Å². The lowest BCUT2D eigenvalue weighted by atomic mass is 10.2. The number of hydrogen-bond acceptors (Lipinski definition) is 4. The van der Waals surface area contributed by atoms with Gasteiger partial charge in [-0.1, -0.05) is 30.3 Å². The standard InChI is InChI=1S/C12H20NO3P.ClH/c1-3-15-17(14,16-4-2)12(13)10-11-8-6-5-7-9-11;/h5-9,12H,3-4,10,13H2,1-2H3;1H. The van der Waals surface area contributed by atoms with Crippen molar-refractivity contribution in [2.45, 2.75) is 26.1 Å². The fraction of sp³-hybridized carbons (Fsp3) is 0.500. The molecule has 0 radical (unpaired) electrons. The molecule has 0 aliphatic carbocycles. The Morgan fingerprint density at radius 1 is 1.17 bits per heavy atom. The SMILES string of the molecule is CCOP(=O)(OCC)C(N)Cc1ccccc1.Cl. The molecule has 0 spiro atoms. The number of halogens is 1. The Bertz CT molecular complexity index is 365. The van der Waals surface area contributed by atoms with Crippen molar-refractivity contribution in [3.05, 3.63) is 35.9 Å². The van der Waals surface area contributed by atoms with Crippen LogP contribution in [-0.4, -0.2) is 19.0 Å². The van der Waals surface area contributed by atoms with Crippen molar-refractivity contribution in [3.8, 4) is 0 Å². The largest absolute Gasteiger partial charge is 0.347 e. The molecule has 0 saturated carbocycles. The van der Waals surface area contributed by atoms with Gasteiger partial charge < -0.3 is 14.8 Å². The van der Waals surface area contributed by atoms with Gasteiger partial charge in [0.05, 0.1) is 13.2 Å². The summed E-state index contributed by atoms with van der Waals surface area (Å²) >= 11 is 0. The smallest absolute Gasteiger partial charge is 0.317 e. The van der Waals surface area contributed by atoms with Crippen LogP contribution < -0.4 is 5.73 Å². The Kier molecular flexibility index (Phi) is 8.49. The van der Waals surface area contributed by atoms with Crippen LogP contribution in [0.3, 0.4) is 0 Å². The van der Waals surface area contributed by atoms with E-state index in [1.165, 1.54) is 0 Å². The number of nitrogens with two attached hydrogens (primary N) is 1. The summed E-state index contributed by atoms with van der Waals surface area (Å²) in [6.45, 7) is 4.22. The molecule has 18 heavy (non-hydrogen) atoms. The first-order valence-corrected chi connectivity index (χ1v) is 7.42. The van der Waals surface area contributed by atoms with E-state index in [9.17, 15) is 4.57 Å². The Labute approximate surface area is 115 Å². The molecule has 104 valence electrons. The predicted octanol–water partition coefficient (Wildman–Crippen LogP) is 3.20. The van der Waals surface area contributed by atoms with E-state index in [0.29, 0.717) is 19.6 Å². The zero-order valence-corrected chi connectivity index (χ0v) is 12.5. The van der Waals surface area contributed by atoms with E-state index >= 15 is 0 Å². The Balaban J connectivity index is 0.00000289. The Hall–Kier alpha value is -0.380. The van der Waals surface area contributed by atoms with Gasteiger partial charge >= 0.3 is 7.60 Å². The third kappa shape index (κ3) is 5.09. The predicted molar refractivity (Wildman–Crippen MR) is 76.2 cm³/mol. The van der Waals surface area contributed by atoms with E-state index in [4.69, 9.17) is 14.8 Å². The van der Waals surface area contributed by atoms with Crippen molar-refractivity contribution in [2.75, 3.05) is 13.2 Å². The highest BCUT2D eigenvalue weighted by molar-refractivity contribution is 7.54. The van der Waals surface area contributed by atoms with Gasteiger partial charge in [0.25, 0.3) is 0 Å². The lowest BCUT2D eigenvalue weighted by Crippen LogP contribution is -2.25. The highest BCUT2D eigenvalue weighted by Gasteiger charge is 2.32. The molecule has 0 amide bonds. The van der Waals surface area contributed by atoms with Crippen LogP contribution in [0.5, 0.6) is 0 Å². The maximum absolute atomic E-state index is 12.3. The summed E-state index contributed by atoms with van der Waals surface area (Å²) in [5.41, 5.74) is 6.97. The molecule has 0 heterocycles. The zero-order valence-electron chi connectivity index (χ0n) is 10.7. The Morgan fingerprint density at radius 3 is 2.11 bits per heavy atom. The molecule has 4 nitrogen and oxygen atoms in total. The average Bonchev–Trinajstić information content (AvgIpc) is 2.31. The minimum absolute atomic E-state index is 0. The third-order valence-corrected chi connectivity index (χ3v) is 4.54. The molecule has 1 atom stereocenters. The van der Waals surface area contributed by atoms with Crippen molar-refractivity contribution in [3.63, 3.8) is 0 Å². The summed E-state index contributed by atoms with van der Waals surface area (Å²) in [6, 6.07) is 9.67. The van der Waals surface area contributed by atoms with Crippen molar-refractivity contribution in [2.24, 2.45) is 5.73 Å². The van der Waals surface area contributed by atoms with Gasteiger partial charge in [-0.25, -0.2) is 0 Å². The van der Waals surface area contributed by atoms with Crippen molar-refractivity contribution < 1.29 is 13.6 Å². The molecule has 1 aromatic rings. The molecular formula is C12H21ClNO3P. The highest BCUT2D eigenvalue weighted by atomic mass is 35.5. The van der Waals surface area contributed by atoms with Crippen molar-refractivity contribution in [1.29, 1.82) is 0 Å². The molecule has 0 aromatic heterocycles. The summed E-state index contributed by atoms with van der Waals surface area (Å²) < 4.78 is 22.8. The quantitative estimate of drug-likeness (QED) is 0.784. The average molecular weight is 294 g/mol. The number of rotatable bonds is 7. The molecular weight excluding hydrogens is 273 g/mol. The van der Waals surface area contributed by atoms with Crippen LogP contribution in [0.25, 0.3) is 0 Å². The van der Waals surface area contributed by atoms with E-state index in [2.05, 4.69) is 0 Å². The second-order valence-corrected chi connectivity index (χ2v) is 5.89. The summed E-state index contributed by atoms with van der Waals surface area (Å²) in [7, 11) is -3.20. The molecule has 6 heteroatoms. The van der Waals surface area contributed by atoms with E-state index in [1.54, 1.807) is 13.8 Å². The van der Waals surface area contributed by atoms with Crippen LogP contribution >= 0.6 is 20.0 Å². The minimum Gasteiger partial charge on any atom is -0.317 e. The van der Waals surface area contributed by atoms with Crippen LogP contribution in [0.1, 0.15) is 19.4 Å². The normalized spacial score (nSPS) is 12.8. The molecule has 0 aliphatic heterocycles. The van der Waals surface area contributed by atoms with Gasteiger partial charge in [0, 0.05) is 0 Å². The molecule has 0 saturated heterocycles. The maximum atomic E-state index is 12.3. The lowest BCUT2D eigenvalue weighted by Gasteiger charge is -2.23. The van der Waals surface area contributed by atoms with E-state index < -0.39 is 13.4 Å². The van der Waals surface area contributed by atoms with Crippen molar-refractivity contribution >= 4 is 20.0 Å². The summed E-state index contributed by atoms with van der Waals surface area (Å²) in [6.07, 6.45) is 0.484. The first-order chi connectivity index (χ1) is 8.12. The maximum Gasteiger partial charge on any atom is 0.347 e. The number of benzene rings is 1. The molecule has 2 N–H and O–H groups in total. The first-order valence-electron chi connectivity index (χ1n) is 5.80. The van der Waals surface area contributed by atoms with Crippen LogP contribution in [0, 0.1) is 0 Å². The molecule has 0 bridgehead atoms. The third-order valence-electron chi connectivity index (χ3n) is 2.31. The van der Waals surface area contributed by atoms with Gasteiger partial charge in [0.2, 0.25) is 0 Å². The highest BCUT2D eigenvalue weighted by Crippen LogP contribution is 2.51. The van der Waals surface area contributed by atoms with Crippen molar-refractivity contribution in [1.82, 2.24) is 0 Å². The monoisotopic (exact) mass is 293 g/mol. The second-order valence-electron chi connectivity index (χ2n) is 3.63. The van der Waals surface area contributed by atoms with E-state index in [1.807, 2.05) is 30.3 Å².